The highest BCUT2D eigenvalue weighted by Crippen LogP contribution is 2.38. The van der Waals surface area contributed by atoms with Crippen LogP contribution in [-0.4, -0.2) is 48.6 Å². The third-order valence-corrected chi connectivity index (χ3v) is 6.18. The van der Waals surface area contributed by atoms with Gasteiger partial charge in [-0.15, -0.1) is 0 Å². The summed E-state index contributed by atoms with van der Waals surface area (Å²) in [4.78, 5) is 26.9. The van der Waals surface area contributed by atoms with Crippen LogP contribution in [0.4, 0.5) is 0 Å². The van der Waals surface area contributed by atoms with Gasteiger partial charge in [0.1, 0.15) is 0 Å². The maximum absolute atomic E-state index is 12.6. The van der Waals surface area contributed by atoms with Crippen LogP contribution in [0.25, 0.3) is 0 Å². The van der Waals surface area contributed by atoms with E-state index in [1.54, 1.807) is 17.0 Å². The molecule has 0 aromatic heterocycles. The number of piperidine rings is 1. The van der Waals surface area contributed by atoms with E-state index in [-0.39, 0.29) is 23.8 Å². The van der Waals surface area contributed by atoms with Crippen LogP contribution in [0.3, 0.4) is 0 Å². The minimum atomic E-state index is -0.0469. The average Bonchev–Trinajstić information content (AvgIpc) is 3.00. The molecule has 2 aliphatic heterocycles. The molecule has 2 heterocycles. The zero-order valence-electron chi connectivity index (χ0n) is 14.1. The molecule has 1 N–H and O–H groups in total. The van der Waals surface area contributed by atoms with Gasteiger partial charge in [0.05, 0.1) is 16.7 Å². The van der Waals surface area contributed by atoms with E-state index < -0.39 is 0 Å². The SMILES string of the molecule is O=C(N[C@@H]1C[C@H]2OCC[C@@H]12)C1CCN(C(=O)c2ccccc2Cl)CC1. The van der Waals surface area contributed by atoms with Crippen LogP contribution in [0, 0.1) is 11.8 Å². The van der Waals surface area contributed by atoms with Crippen molar-refractivity contribution in [3.8, 4) is 0 Å². The fraction of sp³-hybridized carbons (Fsp3) is 0.579. The summed E-state index contributed by atoms with van der Waals surface area (Å²) in [5.74, 6) is 0.595. The summed E-state index contributed by atoms with van der Waals surface area (Å²) in [5.41, 5.74) is 0.536. The van der Waals surface area contributed by atoms with Crippen molar-refractivity contribution >= 4 is 23.4 Å². The second-order valence-electron chi connectivity index (χ2n) is 7.26. The molecule has 0 unspecified atom stereocenters. The van der Waals surface area contributed by atoms with Crippen LogP contribution >= 0.6 is 11.6 Å². The van der Waals surface area contributed by atoms with Crippen molar-refractivity contribution in [1.29, 1.82) is 0 Å². The number of hydrogen-bond acceptors (Lipinski definition) is 3. The first-order valence-electron chi connectivity index (χ1n) is 9.09. The normalized spacial score (nSPS) is 29.0. The Hall–Kier alpha value is -1.59. The van der Waals surface area contributed by atoms with Gasteiger partial charge in [-0.05, 0) is 37.8 Å². The molecule has 6 heteroatoms. The Labute approximate surface area is 152 Å². The molecule has 2 saturated heterocycles. The minimum absolute atomic E-state index is 0.00309. The number of benzene rings is 1. The lowest BCUT2D eigenvalue weighted by atomic mass is 9.76. The van der Waals surface area contributed by atoms with Crippen molar-refractivity contribution in [2.45, 2.75) is 37.8 Å². The Kier molecular flexibility index (Phi) is 4.69. The van der Waals surface area contributed by atoms with Crippen molar-refractivity contribution in [2.75, 3.05) is 19.7 Å². The highest BCUT2D eigenvalue weighted by Gasteiger charge is 2.46. The summed E-state index contributed by atoms with van der Waals surface area (Å²) >= 11 is 6.12. The highest BCUT2D eigenvalue weighted by atomic mass is 35.5. The number of hydrogen-bond donors (Lipinski definition) is 1. The van der Waals surface area contributed by atoms with Crippen molar-refractivity contribution in [2.24, 2.45) is 11.8 Å². The zero-order chi connectivity index (χ0) is 17.4. The first kappa shape index (κ1) is 16.9. The van der Waals surface area contributed by atoms with Crippen LogP contribution in [-0.2, 0) is 9.53 Å². The smallest absolute Gasteiger partial charge is 0.255 e. The second-order valence-corrected chi connectivity index (χ2v) is 7.67. The monoisotopic (exact) mass is 362 g/mol. The van der Waals surface area contributed by atoms with Gasteiger partial charge in [0.15, 0.2) is 0 Å². The molecule has 3 aliphatic rings. The molecule has 1 aromatic carbocycles. The standard InChI is InChI=1S/C19H23ClN2O3/c20-15-4-2-1-3-13(15)19(24)22-8-5-12(6-9-22)18(23)21-16-11-17-14(16)7-10-25-17/h1-4,12,14,16-17H,5-11H2,(H,21,23)/t14-,16+,17+/m0/s1. The largest absolute Gasteiger partial charge is 0.378 e. The average molecular weight is 363 g/mol. The van der Waals surface area contributed by atoms with E-state index in [1.165, 1.54) is 0 Å². The van der Waals surface area contributed by atoms with Gasteiger partial charge in [-0.3, -0.25) is 9.59 Å². The number of carbonyl (C=O) groups is 2. The van der Waals surface area contributed by atoms with Gasteiger partial charge in [0.25, 0.3) is 5.91 Å². The molecule has 25 heavy (non-hydrogen) atoms. The lowest BCUT2D eigenvalue weighted by molar-refractivity contribution is -0.129. The number of halogens is 1. The van der Waals surface area contributed by atoms with Gasteiger partial charge in [-0.1, -0.05) is 23.7 Å². The van der Waals surface area contributed by atoms with Gasteiger partial charge in [-0.2, -0.15) is 0 Å². The number of nitrogens with zero attached hydrogens (tertiary/aromatic N) is 1. The van der Waals surface area contributed by atoms with E-state index in [2.05, 4.69) is 5.32 Å². The van der Waals surface area contributed by atoms with E-state index in [0.717, 1.165) is 19.4 Å². The number of fused-ring (bicyclic) bond motifs is 1. The molecule has 2 amide bonds. The fourth-order valence-electron chi connectivity index (χ4n) is 4.21. The van der Waals surface area contributed by atoms with Gasteiger partial charge in [-0.25, -0.2) is 0 Å². The number of likely N-dealkylation sites (tertiary alicyclic amines) is 1. The molecule has 0 bridgehead atoms. The van der Waals surface area contributed by atoms with Crippen LogP contribution in [0.1, 0.15) is 36.0 Å². The first-order chi connectivity index (χ1) is 12.1. The van der Waals surface area contributed by atoms with Crippen molar-refractivity contribution in [3.63, 3.8) is 0 Å². The molecular formula is C19H23ClN2O3. The number of amides is 2. The Morgan fingerprint density at radius 2 is 1.92 bits per heavy atom. The first-order valence-corrected chi connectivity index (χ1v) is 9.47. The second kappa shape index (κ2) is 6.96. The van der Waals surface area contributed by atoms with E-state index in [9.17, 15) is 9.59 Å². The van der Waals surface area contributed by atoms with Crippen molar-refractivity contribution in [3.05, 3.63) is 34.9 Å². The summed E-state index contributed by atoms with van der Waals surface area (Å²) in [5, 5.41) is 3.68. The van der Waals surface area contributed by atoms with Crippen molar-refractivity contribution in [1.82, 2.24) is 10.2 Å². The molecule has 5 nitrogen and oxygen atoms in total. The molecular weight excluding hydrogens is 340 g/mol. The maximum Gasteiger partial charge on any atom is 0.255 e. The molecule has 1 aliphatic carbocycles. The topological polar surface area (TPSA) is 58.6 Å². The van der Waals surface area contributed by atoms with E-state index in [0.29, 0.717) is 48.5 Å². The molecule has 0 radical (unpaired) electrons. The number of nitrogens with one attached hydrogen (secondary N) is 1. The number of ether oxygens (including phenoxy) is 1. The summed E-state index contributed by atoms with van der Waals surface area (Å²) in [6, 6.07) is 7.39. The Balaban J connectivity index is 1.29. The van der Waals surface area contributed by atoms with Gasteiger partial charge < -0.3 is 15.0 Å². The molecule has 1 aromatic rings. The lowest BCUT2D eigenvalue weighted by Crippen LogP contribution is -2.55. The van der Waals surface area contributed by atoms with Gasteiger partial charge in [0.2, 0.25) is 5.91 Å². The minimum Gasteiger partial charge on any atom is -0.378 e. The summed E-state index contributed by atoms with van der Waals surface area (Å²) in [7, 11) is 0. The van der Waals surface area contributed by atoms with E-state index >= 15 is 0 Å². The predicted octanol–water partition coefficient (Wildman–Crippen LogP) is 2.49. The zero-order valence-corrected chi connectivity index (χ0v) is 14.9. The highest BCUT2D eigenvalue weighted by molar-refractivity contribution is 6.33. The molecule has 4 rings (SSSR count). The van der Waals surface area contributed by atoms with Gasteiger partial charge in [0, 0.05) is 37.6 Å². The third-order valence-electron chi connectivity index (χ3n) is 5.85. The van der Waals surface area contributed by atoms with Crippen molar-refractivity contribution < 1.29 is 14.3 Å². The predicted molar refractivity (Wildman–Crippen MR) is 94.5 cm³/mol. The summed E-state index contributed by atoms with van der Waals surface area (Å²) in [6.45, 7) is 2.02. The summed E-state index contributed by atoms with van der Waals surface area (Å²) in [6.07, 6.45) is 3.78. The quantitative estimate of drug-likeness (QED) is 0.898. The maximum atomic E-state index is 12.6. The van der Waals surface area contributed by atoms with Crippen LogP contribution in [0.2, 0.25) is 5.02 Å². The molecule has 3 atom stereocenters. The molecule has 134 valence electrons. The van der Waals surface area contributed by atoms with E-state index in [4.69, 9.17) is 16.3 Å². The Morgan fingerprint density at radius 3 is 2.64 bits per heavy atom. The number of carbonyl (C=O) groups excluding carboxylic acids is 2. The third kappa shape index (κ3) is 3.27. The molecule has 3 fully saturated rings. The van der Waals surface area contributed by atoms with Gasteiger partial charge >= 0.3 is 0 Å². The Morgan fingerprint density at radius 1 is 1.16 bits per heavy atom. The Bertz CT molecular complexity index is 672. The fourth-order valence-corrected chi connectivity index (χ4v) is 4.43. The molecule has 0 spiro atoms. The van der Waals surface area contributed by atoms with Crippen LogP contribution in [0.15, 0.2) is 24.3 Å². The van der Waals surface area contributed by atoms with Crippen LogP contribution in [0.5, 0.6) is 0 Å². The molecule has 1 saturated carbocycles. The summed E-state index contributed by atoms with van der Waals surface area (Å²) < 4.78 is 5.60. The van der Waals surface area contributed by atoms with Crippen LogP contribution < -0.4 is 5.32 Å². The number of rotatable bonds is 3. The van der Waals surface area contributed by atoms with E-state index in [1.807, 2.05) is 12.1 Å². The lowest BCUT2D eigenvalue weighted by Gasteiger charge is -2.40.